The van der Waals surface area contributed by atoms with Crippen LogP contribution in [0.4, 0.5) is 0 Å². The predicted molar refractivity (Wildman–Crippen MR) is 88.1 cm³/mol. The van der Waals surface area contributed by atoms with Crippen LogP contribution in [0.15, 0.2) is 33.5 Å². The standard InChI is InChI=1S/C17H15N5O3/c1-10-11(2)21-22(17(23)14(10)8-18)9-15-19-20-16(25-15)12-4-6-13(24-3)7-5-12/h4-7H,9H2,1-3H3. The van der Waals surface area contributed by atoms with E-state index in [1.807, 2.05) is 6.07 Å². The van der Waals surface area contributed by atoms with Crippen LogP contribution in [0.5, 0.6) is 5.75 Å². The second-order valence-corrected chi connectivity index (χ2v) is 5.39. The summed E-state index contributed by atoms with van der Waals surface area (Å²) in [7, 11) is 1.59. The van der Waals surface area contributed by atoms with Gasteiger partial charge in [-0.2, -0.15) is 10.4 Å². The highest BCUT2D eigenvalue weighted by Gasteiger charge is 2.15. The number of benzene rings is 1. The summed E-state index contributed by atoms with van der Waals surface area (Å²) in [6.07, 6.45) is 0. The van der Waals surface area contributed by atoms with E-state index in [1.54, 1.807) is 45.2 Å². The summed E-state index contributed by atoms with van der Waals surface area (Å²) in [6, 6.07) is 9.08. The molecule has 0 fully saturated rings. The van der Waals surface area contributed by atoms with Crippen molar-refractivity contribution >= 4 is 0 Å². The molecule has 3 aromatic rings. The van der Waals surface area contributed by atoms with Crippen molar-refractivity contribution in [3.05, 3.63) is 57.3 Å². The summed E-state index contributed by atoms with van der Waals surface area (Å²) in [5, 5.41) is 21.3. The monoisotopic (exact) mass is 337 g/mol. The lowest BCUT2D eigenvalue weighted by atomic mass is 10.1. The minimum Gasteiger partial charge on any atom is -0.497 e. The number of methoxy groups -OCH3 is 1. The molecule has 0 saturated heterocycles. The Labute approximate surface area is 143 Å². The first-order valence-corrected chi connectivity index (χ1v) is 7.48. The lowest BCUT2D eigenvalue weighted by Gasteiger charge is -2.06. The van der Waals surface area contributed by atoms with E-state index in [0.29, 0.717) is 17.1 Å². The number of hydrogen-bond donors (Lipinski definition) is 0. The van der Waals surface area contributed by atoms with Crippen molar-refractivity contribution in [3.8, 4) is 23.3 Å². The topological polar surface area (TPSA) is 107 Å². The zero-order valence-corrected chi connectivity index (χ0v) is 14.0. The summed E-state index contributed by atoms with van der Waals surface area (Å²) in [5.74, 6) is 1.28. The molecule has 0 spiro atoms. The number of aromatic nitrogens is 4. The summed E-state index contributed by atoms with van der Waals surface area (Å²) in [6.45, 7) is 3.43. The van der Waals surface area contributed by atoms with E-state index in [9.17, 15) is 4.79 Å². The average molecular weight is 337 g/mol. The fraction of sp³-hybridized carbons (Fsp3) is 0.235. The Morgan fingerprint density at radius 1 is 1.24 bits per heavy atom. The second-order valence-electron chi connectivity index (χ2n) is 5.39. The van der Waals surface area contributed by atoms with E-state index >= 15 is 0 Å². The number of nitrogens with zero attached hydrogens (tertiary/aromatic N) is 5. The van der Waals surface area contributed by atoms with Crippen molar-refractivity contribution in [3.63, 3.8) is 0 Å². The third-order valence-corrected chi connectivity index (χ3v) is 3.84. The van der Waals surface area contributed by atoms with Gasteiger partial charge in [0, 0.05) is 5.56 Å². The smallest absolute Gasteiger partial charge is 0.285 e. The van der Waals surface area contributed by atoms with Crippen LogP contribution < -0.4 is 10.3 Å². The zero-order valence-electron chi connectivity index (χ0n) is 14.0. The van der Waals surface area contributed by atoms with Crippen LogP contribution in [0.1, 0.15) is 22.7 Å². The van der Waals surface area contributed by atoms with Crippen LogP contribution in [0.3, 0.4) is 0 Å². The van der Waals surface area contributed by atoms with Crippen LogP contribution in [0, 0.1) is 25.2 Å². The molecule has 0 atom stereocenters. The Kier molecular flexibility index (Phi) is 4.31. The van der Waals surface area contributed by atoms with Crippen LogP contribution in [0.2, 0.25) is 0 Å². The number of rotatable bonds is 4. The number of hydrogen-bond acceptors (Lipinski definition) is 7. The lowest BCUT2D eigenvalue weighted by Crippen LogP contribution is -2.28. The fourth-order valence-corrected chi connectivity index (χ4v) is 2.31. The van der Waals surface area contributed by atoms with Gasteiger partial charge in [0.15, 0.2) is 0 Å². The Morgan fingerprint density at radius 2 is 1.96 bits per heavy atom. The Bertz CT molecular complexity index is 1010. The lowest BCUT2D eigenvalue weighted by molar-refractivity contribution is 0.414. The highest BCUT2D eigenvalue weighted by atomic mass is 16.5. The summed E-state index contributed by atoms with van der Waals surface area (Å²) >= 11 is 0. The quantitative estimate of drug-likeness (QED) is 0.715. The molecule has 0 unspecified atom stereocenters. The largest absolute Gasteiger partial charge is 0.497 e. The van der Waals surface area contributed by atoms with Gasteiger partial charge in [-0.05, 0) is 43.7 Å². The van der Waals surface area contributed by atoms with Gasteiger partial charge in [-0.25, -0.2) is 4.68 Å². The van der Waals surface area contributed by atoms with E-state index in [0.717, 1.165) is 16.0 Å². The SMILES string of the molecule is COc1ccc(-c2nnc(Cn3nc(C)c(C)c(C#N)c3=O)o2)cc1. The number of nitriles is 1. The first-order chi connectivity index (χ1) is 12.0. The molecular formula is C17H15N5O3. The van der Waals surface area contributed by atoms with Crippen LogP contribution in [-0.2, 0) is 6.54 Å². The Morgan fingerprint density at radius 3 is 2.60 bits per heavy atom. The first kappa shape index (κ1) is 16.4. The molecule has 25 heavy (non-hydrogen) atoms. The molecule has 0 saturated carbocycles. The molecule has 0 amide bonds. The van der Waals surface area contributed by atoms with Crippen molar-refractivity contribution in [2.24, 2.45) is 0 Å². The number of ether oxygens (including phenoxy) is 1. The minimum atomic E-state index is -0.477. The van der Waals surface area contributed by atoms with Gasteiger partial charge in [-0.3, -0.25) is 4.79 Å². The maximum Gasteiger partial charge on any atom is 0.285 e. The van der Waals surface area contributed by atoms with Crippen molar-refractivity contribution in [2.75, 3.05) is 7.11 Å². The molecule has 2 aromatic heterocycles. The van der Waals surface area contributed by atoms with Crippen LogP contribution >= 0.6 is 0 Å². The molecule has 0 radical (unpaired) electrons. The maximum atomic E-state index is 12.3. The normalized spacial score (nSPS) is 10.5. The Balaban J connectivity index is 1.90. The van der Waals surface area contributed by atoms with Gasteiger partial charge in [0.1, 0.15) is 23.9 Å². The van der Waals surface area contributed by atoms with E-state index in [2.05, 4.69) is 15.3 Å². The molecule has 0 bridgehead atoms. The molecule has 0 aliphatic heterocycles. The highest BCUT2D eigenvalue weighted by Crippen LogP contribution is 2.21. The van der Waals surface area contributed by atoms with Gasteiger partial charge in [0.25, 0.3) is 5.56 Å². The van der Waals surface area contributed by atoms with Gasteiger partial charge in [-0.15, -0.1) is 10.2 Å². The maximum absolute atomic E-state index is 12.3. The third-order valence-electron chi connectivity index (χ3n) is 3.84. The van der Waals surface area contributed by atoms with Gasteiger partial charge in [0.05, 0.1) is 12.8 Å². The molecule has 1 aromatic carbocycles. The minimum absolute atomic E-state index is 0.00219. The fourth-order valence-electron chi connectivity index (χ4n) is 2.31. The molecule has 2 heterocycles. The number of aryl methyl sites for hydroxylation is 1. The summed E-state index contributed by atoms with van der Waals surface area (Å²) in [4.78, 5) is 12.3. The molecule has 3 rings (SSSR count). The van der Waals surface area contributed by atoms with Crippen molar-refractivity contribution in [1.29, 1.82) is 5.26 Å². The Hall–Kier alpha value is -3.47. The first-order valence-electron chi connectivity index (χ1n) is 7.48. The highest BCUT2D eigenvalue weighted by molar-refractivity contribution is 5.53. The van der Waals surface area contributed by atoms with Crippen molar-refractivity contribution < 1.29 is 9.15 Å². The molecule has 0 N–H and O–H groups in total. The van der Waals surface area contributed by atoms with E-state index in [1.165, 1.54) is 0 Å². The third kappa shape index (κ3) is 3.12. The summed E-state index contributed by atoms with van der Waals surface area (Å²) < 4.78 is 11.9. The molecule has 0 aliphatic rings. The average Bonchev–Trinajstić information content (AvgIpc) is 3.09. The van der Waals surface area contributed by atoms with E-state index in [4.69, 9.17) is 14.4 Å². The molecular weight excluding hydrogens is 322 g/mol. The van der Waals surface area contributed by atoms with Crippen LogP contribution in [-0.4, -0.2) is 27.1 Å². The van der Waals surface area contributed by atoms with Gasteiger partial charge in [-0.1, -0.05) is 0 Å². The van der Waals surface area contributed by atoms with Gasteiger partial charge < -0.3 is 9.15 Å². The second kappa shape index (κ2) is 6.57. The molecule has 0 aliphatic carbocycles. The van der Waals surface area contributed by atoms with Crippen molar-refractivity contribution in [1.82, 2.24) is 20.0 Å². The van der Waals surface area contributed by atoms with Crippen molar-refractivity contribution in [2.45, 2.75) is 20.4 Å². The van der Waals surface area contributed by atoms with E-state index in [-0.39, 0.29) is 18.0 Å². The summed E-state index contributed by atoms with van der Waals surface area (Å²) in [5.41, 5.74) is 1.51. The zero-order chi connectivity index (χ0) is 18.0. The molecule has 8 nitrogen and oxygen atoms in total. The van der Waals surface area contributed by atoms with Crippen LogP contribution in [0.25, 0.3) is 11.5 Å². The van der Waals surface area contributed by atoms with Gasteiger partial charge >= 0.3 is 0 Å². The van der Waals surface area contributed by atoms with E-state index < -0.39 is 5.56 Å². The molecule has 126 valence electrons. The molecule has 8 heteroatoms. The van der Waals surface area contributed by atoms with Gasteiger partial charge in [0.2, 0.25) is 11.8 Å². The predicted octanol–water partition coefficient (Wildman–Crippen LogP) is 1.84.